The van der Waals surface area contributed by atoms with Gasteiger partial charge >= 0.3 is 0 Å². The lowest BCUT2D eigenvalue weighted by Crippen LogP contribution is -2.51. The summed E-state index contributed by atoms with van der Waals surface area (Å²) in [6, 6.07) is 5.99. The molecular weight excluding hydrogens is 429 g/mol. The fourth-order valence-electron chi connectivity index (χ4n) is 4.68. The second-order valence-corrected chi connectivity index (χ2v) is 9.33. The van der Waals surface area contributed by atoms with E-state index in [1.54, 1.807) is 17.5 Å². The van der Waals surface area contributed by atoms with E-state index in [1.165, 1.54) is 10.4 Å². The molecule has 1 spiro atoms. The van der Waals surface area contributed by atoms with Gasteiger partial charge in [-0.25, -0.2) is 0 Å². The van der Waals surface area contributed by atoms with E-state index < -0.39 is 0 Å². The molecule has 5 rings (SSSR count). The van der Waals surface area contributed by atoms with Crippen molar-refractivity contribution in [3.8, 4) is 10.6 Å². The lowest BCUT2D eigenvalue weighted by atomic mass is 9.85. The number of carbonyl (C=O) groups is 1. The Labute approximate surface area is 186 Å². The third kappa shape index (κ3) is 3.81. The van der Waals surface area contributed by atoms with Crippen molar-refractivity contribution in [2.75, 3.05) is 26.2 Å². The molecule has 1 N–H and O–H groups in total. The number of carbonyl (C=O) groups excluding carboxylic acids is 1. The molecule has 0 unspecified atom stereocenters. The minimum absolute atomic E-state index is 0. The van der Waals surface area contributed by atoms with Crippen LogP contribution < -0.4 is 5.32 Å². The minimum atomic E-state index is -0.266. The van der Waals surface area contributed by atoms with Crippen LogP contribution in [0.1, 0.15) is 36.1 Å². The molecule has 5 heterocycles. The Hall–Kier alpha value is -1.18. The number of nitrogens with one attached hydrogen (secondary N) is 1. The van der Waals surface area contributed by atoms with Gasteiger partial charge in [0.2, 0.25) is 5.91 Å². The van der Waals surface area contributed by atoms with Gasteiger partial charge in [0.1, 0.15) is 5.60 Å². The van der Waals surface area contributed by atoms with Crippen LogP contribution in [0.4, 0.5) is 0 Å². The molecule has 156 valence electrons. The fraction of sp³-hybridized carbons (Fsp3) is 0.524. The summed E-state index contributed by atoms with van der Waals surface area (Å²) in [4.78, 5) is 21.7. The van der Waals surface area contributed by atoms with E-state index in [2.05, 4.69) is 16.4 Å². The van der Waals surface area contributed by atoms with E-state index in [1.807, 2.05) is 17.0 Å². The highest BCUT2D eigenvalue weighted by Gasteiger charge is 2.44. The maximum Gasteiger partial charge on any atom is 0.239 e. The molecule has 2 saturated heterocycles. The van der Waals surface area contributed by atoms with Gasteiger partial charge in [-0.1, -0.05) is 11.6 Å². The molecule has 5 nitrogen and oxygen atoms in total. The number of likely N-dealkylation sites (tertiary alicyclic amines) is 1. The molecule has 0 aromatic carbocycles. The molecule has 0 bridgehead atoms. The van der Waals surface area contributed by atoms with Crippen molar-refractivity contribution in [3.05, 3.63) is 39.9 Å². The van der Waals surface area contributed by atoms with Crippen molar-refractivity contribution in [1.29, 1.82) is 0 Å². The van der Waals surface area contributed by atoms with Crippen molar-refractivity contribution >= 4 is 41.3 Å². The molecule has 3 aliphatic rings. The number of rotatable bonds is 2. The van der Waals surface area contributed by atoms with Crippen LogP contribution in [0.3, 0.4) is 0 Å². The van der Waals surface area contributed by atoms with Gasteiger partial charge in [-0.15, -0.1) is 23.7 Å². The fourth-order valence-corrected chi connectivity index (χ4v) is 6.38. The number of aromatic nitrogens is 1. The predicted molar refractivity (Wildman–Crippen MR) is 118 cm³/mol. The molecule has 2 aromatic heterocycles. The number of nitrogens with zero attached hydrogens (tertiary/aromatic N) is 2. The van der Waals surface area contributed by atoms with E-state index in [0.717, 1.165) is 68.9 Å². The summed E-state index contributed by atoms with van der Waals surface area (Å²) in [6.45, 7) is 3.20. The van der Waals surface area contributed by atoms with Crippen LogP contribution in [-0.4, -0.2) is 48.1 Å². The normalized spacial score (nSPS) is 22.9. The number of hydrogen-bond donors (Lipinski definition) is 1. The second kappa shape index (κ2) is 8.52. The summed E-state index contributed by atoms with van der Waals surface area (Å²) < 4.78 is 6.37. The summed E-state index contributed by atoms with van der Waals surface area (Å²) in [7, 11) is 0. The molecule has 0 radical (unpaired) electrons. The van der Waals surface area contributed by atoms with Crippen molar-refractivity contribution in [2.45, 2.75) is 43.7 Å². The van der Waals surface area contributed by atoms with E-state index in [-0.39, 0.29) is 30.0 Å². The van der Waals surface area contributed by atoms with Gasteiger partial charge in [0.15, 0.2) is 0 Å². The third-order valence-corrected chi connectivity index (χ3v) is 7.88. The molecule has 0 aliphatic carbocycles. The van der Waals surface area contributed by atoms with Crippen molar-refractivity contribution in [2.24, 2.45) is 0 Å². The highest BCUT2D eigenvalue weighted by molar-refractivity contribution is 7.15. The lowest BCUT2D eigenvalue weighted by Gasteiger charge is -2.44. The maximum absolute atomic E-state index is 12.7. The summed E-state index contributed by atoms with van der Waals surface area (Å²) in [6.07, 6.45) is 6.47. The van der Waals surface area contributed by atoms with E-state index in [9.17, 15) is 4.79 Å². The number of pyridine rings is 1. The van der Waals surface area contributed by atoms with Crippen LogP contribution in [0.15, 0.2) is 24.4 Å². The monoisotopic (exact) mass is 453 g/mol. The summed E-state index contributed by atoms with van der Waals surface area (Å²) in [5, 5.41) is 4.01. The number of piperidine rings is 1. The van der Waals surface area contributed by atoms with E-state index in [0.29, 0.717) is 5.02 Å². The molecular formula is C21H25Cl2N3O2S. The van der Waals surface area contributed by atoms with E-state index >= 15 is 0 Å². The molecule has 3 aliphatic heterocycles. The molecule has 29 heavy (non-hydrogen) atoms. The zero-order valence-corrected chi connectivity index (χ0v) is 18.5. The summed E-state index contributed by atoms with van der Waals surface area (Å²) in [5.41, 5.74) is 1.93. The van der Waals surface area contributed by atoms with Crippen LogP contribution in [0, 0.1) is 0 Å². The number of amides is 1. The average molecular weight is 454 g/mol. The minimum Gasteiger partial charge on any atom is -0.369 e. The Morgan fingerprint density at radius 1 is 1.38 bits per heavy atom. The van der Waals surface area contributed by atoms with Gasteiger partial charge in [-0.05, 0) is 62.4 Å². The zero-order valence-electron chi connectivity index (χ0n) is 16.2. The van der Waals surface area contributed by atoms with Gasteiger partial charge in [-0.2, -0.15) is 0 Å². The van der Waals surface area contributed by atoms with E-state index in [4.69, 9.17) is 16.3 Å². The summed E-state index contributed by atoms with van der Waals surface area (Å²) in [5.74, 6) is 0.260. The maximum atomic E-state index is 12.7. The first-order valence-corrected chi connectivity index (χ1v) is 11.3. The highest BCUT2D eigenvalue weighted by atomic mass is 35.5. The SMILES string of the molecule is Cl.O=C([C@@H]1CCCN1)N1CCC2(CC1)OCCc1cc(-c3ncccc3Cl)sc12. The van der Waals surface area contributed by atoms with Gasteiger partial charge in [0.25, 0.3) is 0 Å². The number of ether oxygens (including phenoxy) is 1. The molecule has 1 atom stereocenters. The molecule has 2 fully saturated rings. The third-order valence-electron chi connectivity index (χ3n) is 6.21. The Bertz CT molecular complexity index is 890. The number of fused-ring (bicyclic) bond motifs is 2. The Morgan fingerprint density at radius 3 is 2.93 bits per heavy atom. The number of halogens is 2. The highest BCUT2D eigenvalue weighted by Crippen LogP contribution is 2.48. The van der Waals surface area contributed by atoms with Crippen molar-refractivity contribution in [3.63, 3.8) is 0 Å². The van der Waals surface area contributed by atoms with Gasteiger partial charge in [0, 0.05) is 24.2 Å². The quantitative estimate of drug-likeness (QED) is 0.745. The van der Waals surface area contributed by atoms with Gasteiger partial charge < -0.3 is 15.0 Å². The van der Waals surface area contributed by atoms with Crippen LogP contribution in [0.5, 0.6) is 0 Å². The van der Waals surface area contributed by atoms with Crippen LogP contribution in [-0.2, 0) is 21.6 Å². The largest absolute Gasteiger partial charge is 0.369 e. The van der Waals surface area contributed by atoms with Gasteiger partial charge in [0.05, 0.1) is 28.2 Å². The topological polar surface area (TPSA) is 54.5 Å². The van der Waals surface area contributed by atoms with Crippen molar-refractivity contribution in [1.82, 2.24) is 15.2 Å². The smallest absolute Gasteiger partial charge is 0.239 e. The molecule has 2 aromatic rings. The molecule has 8 heteroatoms. The van der Waals surface area contributed by atoms with Crippen LogP contribution in [0.2, 0.25) is 5.02 Å². The second-order valence-electron chi connectivity index (χ2n) is 7.87. The standard InChI is InChI=1S/C21H24ClN3O2S.ClH/c22-15-3-1-9-24-18(15)17-13-14-5-12-27-21(19(14)28-17)6-10-25(11-7-21)20(26)16-4-2-8-23-16;/h1,3,9,13,16,23H,2,4-8,10-12H2;1H/t16-;/m0./s1. The van der Waals surface area contributed by atoms with Crippen molar-refractivity contribution < 1.29 is 9.53 Å². The van der Waals surface area contributed by atoms with Crippen LogP contribution in [0.25, 0.3) is 10.6 Å². The first kappa shape index (κ1) is 21.1. The Balaban J connectivity index is 0.00000205. The first-order valence-electron chi connectivity index (χ1n) is 10.1. The lowest BCUT2D eigenvalue weighted by molar-refractivity contribution is -0.142. The number of hydrogen-bond acceptors (Lipinski definition) is 5. The Morgan fingerprint density at radius 2 is 2.21 bits per heavy atom. The zero-order chi connectivity index (χ0) is 19.1. The molecule has 0 saturated carbocycles. The Kier molecular flexibility index (Phi) is 6.19. The first-order chi connectivity index (χ1) is 13.7. The number of thiophene rings is 1. The summed E-state index contributed by atoms with van der Waals surface area (Å²) >= 11 is 8.13. The van der Waals surface area contributed by atoms with Gasteiger partial charge in [-0.3, -0.25) is 9.78 Å². The average Bonchev–Trinajstić information content (AvgIpc) is 3.39. The predicted octanol–water partition coefficient (Wildman–Crippen LogP) is 4.03. The van der Waals surface area contributed by atoms with Crippen LogP contribution >= 0.6 is 35.3 Å². The molecule has 1 amide bonds.